The molecule has 3 nitrogen and oxygen atoms in total. The molecule has 0 bridgehead atoms. The number of imidazole rings is 1. The topological polar surface area (TPSA) is 38.0 Å². The lowest BCUT2D eigenvalue weighted by atomic mass is 10.1. The molecule has 0 aliphatic heterocycles. The van der Waals surface area contributed by atoms with Crippen molar-refractivity contribution < 1.29 is 5.11 Å². The van der Waals surface area contributed by atoms with Gasteiger partial charge in [-0.1, -0.05) is 41.9 Å². The van der Waals surface area contributed by atoms with Crippen LogP contribution in [0.2, 0.25) is 5.15 Å². The molecule has 1 saturated carbocycles. The van der Waals surface area contributed by atoms with E-state index < -0.39 is 6.10 Å². The number of hydrogen-bond acceptors (Lipinski definition) is 2. The molecule has 1 N–H and O–H groups in total. The molecule has 1 aliphatic carbocycles. The third kappa shape index (κ3) is 1.93. The quantitative estimate of drug-likeness (QED) is 0.924. The summed E-state index contributed by atoms with van der Waals surface area (Å²) in [5, 5.41) is 10.9. The van der Waals surface area contributed by atoms with Crippen molar-refractivity contribution in [2.75, 3.05) is 0 Å². The van der Waals surface area contributed by atoms with Crippen LogP contribution in [-0.2, 0) is 7.05 Å². The lowest BCUT2D eigenvalue weighted by Crippen LogP contribution is -2.08. The zero-order valence-corrected chi connectivity index (χ0v) is 10.9. The van der Waals surface area contributed by atoms with Gasteiger partial charge in [-0.05, 0) is 23.8 Å². The van der Waals surface area contributed by atoms with Crippen molar-refractivity contribution >= 4 is 11.6 Å². The minimum Gasteiger partial charge on any atom is -0.385 e. The molecule has 4 heteroatoms. The Bertz CT molecular complexity index is 552. The van der Waals surface area contributed by atoms with Gasteiger partial charge in [0.1, 0.15) is 17.1 Å². The van der Waals surface area contributed by atoms with Crippen LogP contribution in [-0.4, -0.2) is 14.7 Å². The second-order valence-corrected chi connectivity index (χ2v) is 5.25. The molecule has 2 aromatic rings. The van der Waals surface area contributed by atoms with Crippen molar-refractivity contribution in [2.45, 2.75) is 18.4 Å². The molecular weight excluding hydrogens is 248 g/mol. The molecule has 1 fully saturated rings. The summed E-state index contributed by atoms with van der Waals surface area (Å²) >= 11 is 5.94. The summed E-state index contributed by atoms with van der Waals surface area (Å²) in [4.78, 5) is 4.19. The van der Waals surface area contributed by atoms with Crippen LogP contribution in [0.25, 0.3) is 0 Å². The first-order chi connectivity index (χ1) is 8.68. The summed E-state index contributed by atoms with van der Waals surface area (Å²) in [6.45, 7) is 0. The fraction of sp³-hybridized carbons (Fsp3) is 0.357. The summed E-state index contributed by atoms with van der Waals surface area (Å²) in [6, 6.07) is 10.3. The van der Waals surface area contributed by atoms with E-state index in [4.69, 9.17) is 11.6 Å². The van der Waals surface area contributed by atoms with Gasteiger partial charge in [0.25, 0.3) is 0 Å². The lowest BCUT2D eigenvalue weighted by Gasteiger charge is -2.10. The molecule has 1 aromatic carbocycles. The van der Waals surface area contributed by atoms with Crippen molar-refractivity contribution in [1.82, 2.24) is 9.55 Å². The summed E-state index contributed by atoms with van der Waals surface area (Å²) in [5.41, 5.74) is 1.29. The third-order valence-electron chi connectivity index (χ3n) is 3.71. The smallest absolute Gasteiger partial charge is 0.138 e. The van der Waals surface area contributed by atoms with E-state index >= 15 is 0 Å². The summed E-state index contributed by atoms with van der Waals surface area (Å²) < 4.78 is 1.74. The second kappa shape index (κ2) is 4.41. The maximum Gasteiger partial charge on any atom is 0.138 e. The number of halogens is 1. The fourth-order valence-electron chi connectivity index (χ4n) is 2.52. The maximum absolute atomic E-state index is 10.3. The average molecular weight is 263 g/mol. The Hall–Kier alpha value is -1.32. The van der Waals surface area contributed by atoms with Gasteiger partial charge in [0.15, 0.2) is 0 Å². The molecule has 0 radical (unpaired) electrons. The number of rotatable bonds is 3. The molecule has 0 spiro atoms. The van der Waals surface area contributed by atoms with E-state index in [0.717, 1.165) is 6.42 Å². The first kappa shape index (κ1) is 11.8. The van der Waals surface area contributed by atoms with Crippen LogP contribution in [0, 0.1) is 5.92 Å². The van der Waals surface area contributed by atoms with Crippen LogP contribution >= 0.6 is 11.6 Å². The van der Waals surface area contributed by atoms with Crippen molar-refractivity contribution in [1.29, 1.82) is 0 Å². The largest absolute Gasteiger partial charge is 0.385 e. The second-order valence-electron chi connectivity index (χ2n) is 4.86. The van der Waals surface area contributed by atoms with Crippen molar-refractivity contribution in [3.63, 3.8) is 0 Å². The van der Waals surface area contributed by atoms with Gasteiger partial charge in [-0.3, -0.25) is 0 Å². The van der Waals surface area contributed by atoms with Gasteiger partial charge in [-0.25, -0.2) is 4.98 Å². The van der Waals surface area contributed by atoms with E-state index in [1.807, 2.05) is 25.2 Å². The number of aliphatic hydroxyl groups is 1. The van der Waals surface area contributed by atoms with Crippen LogP contribution in [0.5, 0.6) is 0 Å². The standard InChI is InChI=1S/C14H15ClN2O/c1-17-12(15)8-16-14(17)13(18)11-7-10(11)9-5-3-2-4-6-9/h2-6,8,10-11,13,18H,7H2,1H3. The Kier molecular flexibility index (Phi) is 2.88. The highest BCUT2D eigenvalue weighted by Gasteiger charge is 2.45. The Labute approximate surface area is 111 Å². The molecular formula is C14H15ClN2O. The Balaban J connectivity index is 1.77. The minimum absolute atomic E-state index is 0.254. The lowest BCUT2D eigenvalue weighted by molar-refractivity contribution is 0.138. The van der Waals surface area contributed by atoms with Crippen LogP contribution in [0.3, 0.4) is 0 Å². The van der Waals surface area contributed by atoms with Crippen LogP contribution in [0.4, 0.5) is 0 Å². The first-order valence-corrected chi connectivity index (χ1v) is 6.46. The van der Waals surface area contributed by atoms with E-state index in [2.05, 4.69) is 17.1 Å². The van der Waals surface area contributed by atoms with Crippen molar-refractivity contribution in [2.24, 2.45) is 13.0 Å². The van der Waals surface area contributed by atoms with E-state index in [9.17, 15) is 5.11 Å². The Morgan fingerprint density at radius 1 is 1.39 bits per heavy atom. The van der Waals surface area contributed by atoms with Crippen LogP contribution < -0.4 is 0 Å². The van der Waals surface area contributed by atoms with Gasteiger partial charge in [0.05, 0.1) is 6.20 Å². The molecule has 3 rings (SSSR count). The van der Waals surface area contributed by atoms with Gasteiger partial charge >= 0.3 is 0 Å². The highest BCUT2D eigenvalue weighted by atomic mass is 35.5. The third-order valence-corrected chi connectivity index (χ3v) is 4.06. The fourth-order valence-corrected chi connectivity index (χ4v) is 2.65. The number of benzene rings is 1. The summed E-state index contributed by atoms with van der Waals surface area (Å²) in [6.07, 6.45) is 2.06. The molecule has 94 valence electrons. The molecule has 1 heterocycles. The molecule has 3 unspecified atom stereocenters. The van der Waals surface area contributed by atoms with E-state index in [1.54, 1.807) is 10.8 Å². The van der Waals surface area contributed by atoms with Gasteiger partial charge in [0.2, 0.25) is 0 Å². The number of aliphatic hydroxyl groups excluding tert-OH is 1. The zero-order valence-electron chi connectivity index (χ0n) is 10.1. The van der Waals surface area contributed by atoms with Gasteiger partial charge in [0, 0.05) is 7.05 Å². The zero-order chi connectivity index (χ0) is 12.7. The SMILES string of the molecule is Cn1c(Cl)cnc1C(O)C1CC1c1ccccc1. The van der Waals surface area contributed by atoms with Crippen LogP contribution in [0.15, 0.2) is 36.5 Å². The number of aromatic nitrogens is 2. The van der Waals surface area contributed by atoms with Gasteiger partial charge < -0.3 is 9.67 Å². The number of hydrogen-bond donors (Lipinski definition) is 1. The van der Waals surface area contributed by atoms with E-state index in [-0.39, 0.29) is 5.92 Å². The minimum atomic E-state index is -0.535. The Morgan fingerprint density at radius 2 is 2.11 bits per heavy atom. The van der Waals surface area contributed by atoms with E-state index in [0.29, 0.717) is 16.9 Å². The molecule has 0 saturated heterocycles. The molecule has 1 aliphatic rings. The summed E-state index contributed by atoms with van der Waals surface area (Å²) in [7, 11) is 1.83. The first-order valence-electron chi connectivity index (χ1n) is 6.08. The molecule has 1 aromatic heterocycles. The summed E-state index contributed by atoms with van der Waals surface area (Å²) in [5.74, 6) is 1.35. The molecule has 3 atom stereocenters. The van der Waals surface area contributed by atoms with Gasteiger partial charge in [-0.2, -0.15) is 0 Å². The average Bonchev–Trinajstić information content (AvgIpc) is 3.13. The molecule has 0 amide bonds. The van der Waals surface area contributed by atoms with E-state index in [1.165, 1.54) is 5.56 Å². The predicted molar refractivity (Wildman–Crippen MR) is 70.5 cm³/mol. The van der Waals surface area contributed by atoms with Gasteiger partial charge in [-0.15, -0.1) is 0 Å². The Morgan fingerprint density at radius 3 is 2.72 bits per heavy atom. The maximum atomic E-state index is 10.3. The highest BCUT2D eigenvalue weighted by molar-refractivity contribution is 6.29. The van der Waals surface area contributed by atoms with Crippen LogP contribution in [0.1, 0.15) is 29.8 Å². The monoisotopic (exact) mass is 262 g/mol. The predicted octanol–water partition coefficient (Wildman–Crippen LogP) is 2.91. The number of nitrogens with zero attached hydrogens (tertiary/aromatic N) is 2. The molecule has 18 heavy (non-hydrogen) atoms. The van der Waals surface area contributed by atoms with Crippen molar-refractivity contribution in [3.05, 3.63) is 53.1 Å². The van der Waals surface area contributed by atoms with Crippen molar-refractivity contribution in [3.8, 4) is 0 Å². The highest BCUT2D eigenvalue weighted by Crippen LogP contribution is 2.53. The normalized spacial score (nSPS) is 23.9.